The van der Waals surface area contributed by atoms with Gasteiger partial charge in [0.2, 0.25) is 0 Å². The molecule has 2 saturated carbocycles. The van der Waals surface area contributed by atoms with Gasteiger partial charge in [0.1, 0.15) is 5.60 Å². The summed E-state index contributed by atoms with van der Waals surface area (Å²) < 4.78 is 23.5. The van der Waals surface area contributed by atoms with Crippen LogP contribution in [-0.2, 0) is 28.5 Å². The molecule has 6 nitrogen and oxygen atoms in total. The van der Waals surface area contributed by atoms with Crippen LogP contribution in [0, 0.1) is 28.6 Å². The van der Waals surface area contributed by atoms with Crippen molar-refractivity contribution in [1.29, 1.82) is 0 Å². The van der Waals surface area contributed by atoms with Crippen LogP contribution in [0.25, 0.3) is 0 Å². The molecule has 2 unspecified atom stereocenters. The average molecular weight is 443 g/mol. The van der Waals surface area contributed by atoms with Crippen molar-refractivity contribution in [1.82, 2.24) is 0 Å². The monoisotopic (exact) mass is 442 g/mol. The molecule has 6 atom stereocenters. The van der Waals surface area contributed by atoms with Crippen LogP contribution >= 0.6 is 0 Å². The fraction of sp³-hybridized carbons (Fsp3) is 0.769. The largest absolute Gasteiger partial charge is 0.469 e. The third-order valence-corrected chi connectivity index (χ3v) is 10.2. The third kappa shape index (κ3) is 2.54. The molecule has 0 aromatic carbocycles. The van der Waals surface area contributed by atoms with Gasteiger partial charge in [0.25, 0.3) is 0 Å². The van der Waals surface area contributed by atoms with Gasteiger partial charge in [0.15, 0.2) is 5.79 Å². The number of fused-ring (bicyclic) bond motifs is 6. The van der Waals surface area contributed by atoms with Crippen molar-refractivity contribution < 1.29 is 28.5 Å². The van der Waals surface area contributed by atoms with Gasteiger partial charge in [-0.3, -0.25) is 9.59 Å². The topological polar surface area (TPSA) is 71.1 Å². The Morgan fingerprint density at radius 2 is 1.91 bits per heavy atom. The molecule has 4 fully saturated rings. The van der Waals surface area contributed by atoms with E-state index >= 15 is 0 Å². The quantitative estimate of drug-likeness (QED) is 0.450. The summed E-state index contributed by atoms with van der Waals surface area (Å²) in [6.07, 6.45) is 11.2. The molecule has 0 aromatic heterocycles. The Labute approximate surface area is 189 Å². The lowest BCUT2D eigenvalue weighted by molar-refractivity contribution is -0.177. The molecule has 0 radical (unpaired) electrons. The summed E-state index contributed by atoms with van der Waals surface area (Å²) in [4.78, 5) is 25.3. The Bertz CT molecular complexity index is 929. The first kappa shape index (κ1) is 20.9. The molecule has 0 bridgehead atoms. The van der Waals surface area contributed by atoms with Gasteiger partial charge in [-0.1, -0.05) is 37.1 Å². The van der Waals surface area contributed by atoms with Crippen molar-refractivity contribution in [2.75, 3.05) is 20.3 Å². The normalized spacial score (nSPS) is 46.2. The van der Waals surface area contributed by atoms with Crippen molar-refractivity contribution >= 4 is 11.9 Å². The summed E-state index contributed by atoms with van der Waals surface area (Å²) >= 11 is 0. The van der Waals surface area contributed by atoms with Crippen molar-refractivity contribution in [2.24, 2.45) is 28.6 Å². The minimum Gasteiger partial charge on any atom is -0.469 e. The van der Waals surface area contributed by atoms with Crippen molar-refractivity contribution in [3.05, 3.63) is 23.3 Å². The molecule has 2 heterocycles. The zero-order chi connectivity index (χ0) is 22.4. The van der Waals surface area contributed by atoms with Gasteiger partial charge in [-0.05, 0) is 38.0 Å². The average Bonchev–Trinajstić information content (AvgIpc) is 3.47. The first-order chi connectivity index (χ1) is 15.3. The van der Waals surface area contributed by atoms with Crippen LogP contribution in [-0.4, -0.2) is 43.7 Å². The van der Waals surface area contributed by atoms with Crippen LogP contribution < -0.4 is 0 Å². The highest BCUT2D eigenvalue weighted by atomic mass is 16.7. The van der Waals surface area contributed by atoms with Gasteiger partial charge in [-0.15, -0.1) is 0 Å². The third-order valence-electron chi connectivity index (χ3n) is 10.2. The Hall–Kier alpha value is -1.66. The molecule has 174 valence electrons. The summed E-state index contributed by atoms with van der Waals surface area (Å²) in [6, 6.07) is 0. The molecule has 0 aromatic rings. The lowest BCUT2D eigenvalue weighted by atomic mass is 9.48. The molecule has 32 heavy (non-hydrogen) atoms. The number of carbonyl (C=O) groups excluding carboxylic acids is 2. The fourth-order valence-electron chi connectivity index (χ4n) is 8.32. The second-order valence-electron chi connectivity index (χ2n) is 11.3. The summed E-state index contributed by atoms with van der Waals surface area (Å²) in [6.45, 7) is 5.91. The van der Waals surface area contributed by atoms with E-state index in [4.69, 9.17) is 18.9 Å². The van der Waals surface area contributed by atoms with E-state index in [-0.39, 0.29) is 40.2 Å². The molecule has 0 amide bonds. The lowest BCUT2D eigenvalue weighted by Crippen LogP contribution is -2.54. The molecule has 2 aliphatic heterocycles. The highest BCUT2D eigenvalue weighted by Gasteiger charge is 2.67. The minimum atomic E-state index is -0.530. The first-order valence-corrected chi connectivity index (χ1v) is 12.3. The smallest absolute Gasteiger partial charge is 0.313 e. The van der Waals surface area contributed by atoms with Crippen molar-refractivity contribution in [3.8, 4) is 0 Å². The molecule has 4 aliphatic carbocycles. The zero-order valence-corrected chi connectivity index (χ0v) is 19.4. The molecular weight excluding hydrogens is 408 g/mol. The Balaban J connectivity index is 1.44. The number of esters is 2. The Kier molecular flexibility index (Phi) is 4.37. The zero-order valence-electron chi connectivity index (χ0n) is 19.4. The molecule has 6 heteroatoms. The number of carbonyl (C=O) groups is 2. The number of rotatable bonds is 1. The van der Waals surface area contributed by atoms with E-state index in [1.54, 1.807) is 0 Å². The van der Waals surface area contributed by atoms with Crippen molar-refractivity contribution in [3.63, 3.8) is 0 Å². The molecule has 0 N–H and O–H groups in total. The van der Waals surface area contributed by atoms with Gasteiger partial charge in [0.05, 0.1) is 26.2 Å². The van der Waals surface area contributed by atoms with E-state index in [1.165, 1.54) is 18.3 Å². The van der Waals surface area contributed by atoms with E-state index in [0.29, 0.717) is 32.0 Å². The van der Waals surface area contributed by atoms with Crippen LogP contribution in [0.4, 0.5) is 0 Å². The van der Waals surface area contributed by atoms with Gasteiger partial charge in [-0.25, -0.2) is 0 Å². The molecule has 2 saturated heterocycles. The van der Waals surface area contributed by atoms with Gasteiger partial charge in [-0.2, -0.15) is 0 Å². The molecular formula is C26H34O6. The van der Waals surface area contributed by atoms with Crippen LogP contribution in [0.5, 0.6) is 0 Å². The van der Waals surface area contributed by atoms with E-state index in [1.807, 2.05) is 0 Å². The first-order valence-electron chi connectivity index (χ1n) is 12.3. The second kappa shape index (κ2) is 6.69. The number of allylic oxidation sites excluding steroid dienone is 2. The number of ether oxygens (including phenoxy) is 4. The number of hydrogen-bond acceptors (Lipinski definition) is 6. The van der Waals surface area contributed by atoms with E-state index in [9.17, 15) is 9.59 Å². The summed E-state index contributed by atoms with van der Waals surface area (Å²) in [5, 5.41) is 0. The highest BCUT2D eigenvalue weighted by Crippen LogP contribution is 2.69. The standard InChI is InChI=1S/C26H34O6/c1-23-10-11-26(30-12-13-31-26)15-16(23)14-17(22(28)29-3)21-18(23)4-7-24(2)19(21)5-8-25(24)9-6-20(27)32-25/h4,14,17,19,21H,5-13,15H2,1-3H3/t17-,19?,21-,23+,24+,25?/m1/s1. The van der Waals surface area contributed by atoms with Crippen LogP contribution in [0.1, 0.15) is 65.2 Å². The van der Waals surface area contributed by atoms with Crippen LogP contribution in [0.15, 0.2) is 23.3 Å². The minimum absolute atomic E-state index is 0.0712. The number of methoxy groups -OCH3 is 1. The van der Waals surface area contributed by atoms with E-state index < -0.39 is 5.79 Å². The summed E-state index contributed by atoms with van der Waals surface area (Å²) in [5.74, 6) is -0.703. The maximum absolute atomic E-state index is 13.1. The van der Waals surface area contributed by atoms with Gasteiger partial charge in [0, 0.05) is 36.0 Å². The van der Waals surface area contributed by atoms with Gasteiger partial charge >= 0.3 is 11.9 Å². The predicted octanol–water partition coefficient (Wildman–Crippen LogP) is 4.09. The summed E-state index contributed by atoms with van der Waals surface area (Å²) in [7, 11) is 1.49. The Morgan fingerprint density at radius 3 is 2.59 bits per heavy atom. The SMILES string of the molecule is COC(=O)[C@@H]1C=C2CC3(CC[C@]2(C)C2=CC[C@@]4(C)C(CCC45CCC(=O)O5)[C@@H]21)OCCO3. The second-order valence-corrected chi connectivity index (χ2v) is 11.3. The van der Waals surface area contributed by atoms with E-state index in [0.717, 1.165) is 38.5 Å². The van der Waals surface area contributed by atoms with E-state index in [2.05, 4.69) is 26.0 Å². The highest BCUT2D eigenvalue weighted by molar-refractivity contribution is 5.77. The predicted molar refractivity (Wildman–Crippen MR) is 115 cm³/mol. The lowest BCUT2D eigenvalue weighted by Gasteiger charge is -2.57. The van der Waals surface area contributed by atoms with Crippen LogP contribution in [0.3, 0.4) is 0 Å². The maximum Gasteiger partial charge on any atom is 0.313 e. The number of hydrogen-bond donors (Lipinski definition) is 0. The van der Waals surface area contributed by atoms with Crippen LogP contribution in [0.2, 0.25) is 0 Å². The fourth-order valence-corrected chi connectivity index (χ4v) is 8.32. The molecule has 6 rings (SSSR count). The Morgan fingerprint density at radius 1 is 1.12 bits per heavy atom. The summed E-state index contributed by atoms with van der Waals surface area (Å²) in [5.41, 5.74) is 2.03. The molecule has 2 spiro atoms. The van der Waals surface area contributed by atoms with Crippen molar-refractivity contribution in [2.45, 2.75) is 76.6 Å². The van der Waals surface area contributed by atoms with Gasteiger partial charge < -0.3 is 18.9 Å². The molecule has 6 aliphatic rings. The maximum atomic E-state index is 13.1.